The van der Waals surface area contributed by atoms with Gasteiger partial charge in [0.05, 0.1) is 17.0 Å². The third-order valence-corrected chi connectivity index (χ3v) is 3.28. The molecular weight excluding hydrogens is 300 g/mol. The van der Waals surface area contributed by atoms with Crippen LogP contribution in [0.3, 0.4) is 0 Å². The Hall–Kier alpha value is -2.76. The van der Waals surface area contributed by atoms with Crippen LogP contribution in [0.15, 0.2) is 36.4 Å². The number of nitrogens with two attached hydrogens (primary N) is 1. The number of aromatic nitrogens is 2. The van der Waals surface area contributed by atoms with Crippen LogP contribution in [0.25, 0.3) is 22.0 Å². The van der Waals surface area contributed by atoms with E-state index >= 15 is 0 Å². The lowest BCUT2D eigenvalue weighted by molar-refractivity contribution is 0.236. The lowest BCUT2D eigenvalue weighted by atomic mass is 10.0. The van der Waals surface area contributed by atoms with Gasteiger partial charge in [0.2, 0.25) is 11.8 Å². The van der Waals surface area contributed by atoms with E-state index in [4.69, 9.17) is 10.5 Å². The van der Waals surface area contributed by atoms with E-state index in [1.807, 2.05) is 13.8 Å². The van der Waals surface area contributed by atoms with E-state index in [1.165, 1.54) is 6.07 Å². The van der Waals surface area contributed by atoms with Gasteiger partial charge in [-0.15, -0.1) is 0 Å². The van der Waals surface area contributed by atoms with Crippen molar-refractivity contribution in [2.75, 3.05) is 5.73 Å². The summed E-state index contributed by atoms with van der Waals surface area (Å²) in [6.07, 6.45) is -0.0839. The summed E-state index contributed by atoms with van der Waals surface area (Å²) in [5, 5.41) is 0.662. The molecule has 1 heterocycles. The van der Waals surface area contributed by atoms with Gasteiger partial charge in [0, 0.05) is 0 Å². The third kappa shape index (κ3) is 3.06. The molecule has 0 amide bonds. The molecule has 1 aromatic heterocycles. The summed E-state index contributed by atoms with van der Waals surface area (Å²) in [6.45, 7) is 3.76. The number of nitrogen functional groups attached to an aromatic ring is 1. The first kappa shape index (κ1) is 15.1. The third-order valence-electron chi connectivity index (χ3n) is 3.28. The largest absolute Gasteiger partial charge is 0.474 e. The Morgan fingerprint density at radius 3 is 2.35 bits per heavy atom. The quantitative estimate of drug-likeness (QED) is 0.795. The molecule has 23 heavy (non-hydrogen) atoms. The van der Waals surface area contributed by atoms with E-state index in [0.717, 1.165) is 12.1 Å². The number of hydrogen-bond donors (Lipinski definition) is 1. The van der Waals surface area contributed by atoms with Crippen LogP contribution >= 0.6 is 0 Å². The van der Waals surface area contributed by atoms with Crippen LogP contribution in [-0.2, 0) is 0 Å². The zero-order valence-corrected chi connectivity index (χ0v) is 12.7. The highest BCUT2D eigenvalue weighted by atomic mass is 19.2. The number of ether oxygens (including phenoxy) is 1. The first-order valence-electron chi connectivity index (χ1n) is 7.13. The number of nitrogens with zero attached hydrogens (tertiary/aromatic N) is 2. The van der Waals surface area contributed by atoms with Gasteiger partial charge in [-0.05, 0) is 49.2 Å². The Morgan fingerprint density at radius 1 is 0.957 bits per heavy atom. The second kappa shape index (κ2) is 5.79. The highest BCUT2D eigenvalue weighted by Gasteiger charge is 2.12. The smallest absolute Gasteiger partial charge is 0.226 e. The maximum absolute atomic E-state index is 13.4. The second-order valence-corrected chi connectivity index (χ2v) is 5.41. The van der Waals surface area contributed by atoms with E-state index in [-0.39, 0.29) is 12.1 Å². The van der Waals surface area contributed by atoms with E-state index in [9.17, 15) is 8.78 Å². The Kier molecular flexibility index (Phi) is 3.82. The van der Waals surface area contributed by atoms with Crippen LogP contribution in [0.4, 0.5) is 14.7 Å². The Balaban J connectivity index is 2.16. The Bertz CT molecular complexity index is 881. The molecule has 0 spiro atoms. The summed E-state index contributed by atoms with van der Waals surface area (Å²) in [6, 6.07) is 9.05. The minimum atomic E-state index is -0.894. The van der Waals surface area contributed by atoms with Gasteiger partial charge >= 0.3 is 0 Å². The van der Waals surface area contributed by atoms with E-state index in [0.29, 0.717) is 27.9 Å². The molecule has 118 valence electrons. The molecule has 0 bridgehead atoms. The fourth-order valence-electron chi connectivity index (χ4n) is 2.29. The van der Waals surface area contributed by atoms with Gasteiger partial charge in [-0.25, -0.2) is 13.8 Å². The minimum Gasteiger partial charge on any atom is -0.474 e. The molecule has 0 aliphatic carbocycles. The van der Waals surface area contributed by atoms with Gasteiger partial charge in [0.1, 0.15) is 0 Å². The first-order chi connectivity index (χ1) is 10.9. The number of hydrogen-bond acceptors (Lipinski definition) is 4. The molecule has 3 rings (SSSR count). The van der Waals surface area contributed by atoms with E-state index in [1.54, 1.807) is 18.2 Å². The summed E-state index contributed by atoms with van der Waals surface area (Å²) in [4.78, 5) is 8.28. The van der Waals surface area contributed by atoms with Crippen molar-refractivity contribution in [3.63, 3.8) is 0 Å². The average molecular weight is 315 g/mol. The van der Waals surface area contributed by atoms with Crippen LogP contribution in [0.1, 0.15) is 13.8 Å². The monoisotopic (exact) mass is 315 g/mol. The normalized spacial score (nSPS) is 11.2. The summed E-state index contributed by atoms with van der Waals surface area (Å²) in [5.41, 5.74) is 7.58. The standard InChI is InChI=1S/C17H15F2N3O/c1-9(2)23-16-12-7-10(4-6-15(12)21-17(20)22-16)11-3-5-13(18)14(19)8-11/h3-9H,1-2H3,(H2,20,21,22). The van der Waals surface area contributed by atoms with Crippen LogP contribution in [0.2, 0.25) is 0 Å². The number of halogens is 2. The average Bonchev–Trinajstić information content (AvgIpc) is 2.49. The molecule has 4 nitrogen and oxygen atoms in total. The SMILES string of the molecule is CC(C)Oc1nc(N)nc2ccc(-c3ccc(F)c(F)c3)cc12. The lowest BCUT2D eigenvalue weighted by Gasteiger charge is -2.12. The Labute approximate surface area is 131 Å². The van der Waals surface area contributed by atoms with Crippen LogP contribution < -0.4 is 10.5 Å². The number of anilines is 1. The molecule has 0 aliphatic rings. The molecular formula is C17H15F2N3O. The van der Waals surface area contributed by atoms with Crippen molar-refractivity contribution < 1.29 is 13.5 Å². The summed E-state index contributed by atoms with van der Waals surface area (Å²) in [5.74, 6) is -1.29. The molecule has 0 radical (unpaired) electrons. The first-order valence-corrected chi connectivity index (χ1v) is 7.13. The fraction of sp³-hybridized carbons (Fsp3) is 0.176. The molecule has 2 N–H and O–H groups in total. The van der Waals surface area contributed by atoms with Crippen molar-refractivity contribution >= 4 is 16.9 Å². The zero-order chi connectivity index (χ0) is 16.6. The van der Waals surface area contributed by atoms with Gasteiger partial charge in [0.25, 0.3) is 0 Å². The molecule has 0 unspecified atom stereocenters. The Morgan fingerprint density at radius 2 is 1.65 bits per heavy atom. The fourth-order valence-corrected chi connectivity index (χ4v) is 2.29. The maximum atomic E-state index is 13.4. The van der Waals surface area contributed by atoms with Crippen LogP contribution in [0.5, 0.6) is 5.88 Å². The minimum absolute atomic E-state index is 0.0839. The highest BCUT2D eigenvalue weighted by molar-refractivity contribution is 5.89. The molecule has 0 aliphatic heterocycles. The molecule has 0 fully saturated rings. The maximum Gasteiger partial charge on any atom is 0.226 e. The van der Waals surface area contributed by atoms with Crippen molar-refractivity contribution in [2.24, 2.45) is 0 Å². The van der Waals surface area contributed by atoms with Gasteiger partial charge in [-0.3, -0.25) is 0 Å². The van der Waals surface area contributed by atoms with Gasteiger partial charge in [-0.2, -0.15) is 4.98 Å². The predicted octanol–water partition coefficient (Wildman–Crippen LogP) is 3.94. The number of rotatable bonds is 3. The summed E-state index contributed by atoms with van der Waals surface area (Å²) in [7, 11) is 0. The molecule has 6 heteroatoms. The van der Waals surface area contributed by atoms with Crippen molar-refractivity contribution in [1.82, 2.24) is 9.97 Å². The van der Waals surface area contributed by atoms with Crippen molar-refractivity contribution in [3.8, 4) is 17.0 Å². The topological polar surface area (TPSA) is 61.0 Å². The second-order valence-electron chi connectivity index (χ2n) is 5.41. The van der Waals surface area contributed by atoms with Crippen molar-refractivity contribution in [1.29, 1.82) is 0 Å². The van der Waals surface area contributed by atoms with E-state index < -0.39 is 11.6 Å². The van der Waals surface area contributed by atoms with Gasteiger partial charge in [0.15, 0.2) is 11.6 Å². The lowest BCUT2D eigenvalue weighted by Crippen LogP contribution is -2.09. The molecule has 0 saturated carbocycles. The van der Waals surface area contributed by atoms with Gasteiger partial charge < -0.3 is 10.5 Å². The van der Waals surface area contributed by atoms with Gasteiger partial charge in [-0.1, -0.05) is 12.1 Å². The predicted molar refractivity (Wildman–Crippen MR) is 85.1 cm³/mol. The molecule has 0 atom stereocenters. The van der Waals surface area contributed by atoms with Crippen molar-refractivity contribution in [3.05, 3.63) is 48.0 Å². The summed E-state index contributed by atoms with van der Waals surface area (Å²) >= 11 is 0. The van der Waals surface area contributed by atoms with E-state index in [2.05, 4.69) is 9.97 Å². The number of fused-ring (bicyclic) bond motifs is 1. The summed E-state index contributed by atoms with van der Waals surface area (Å²) < 4.78 is 32.2. The zero-order valence-electron chi connectivity index (χ0n) is 12.7. The molecule has 2 aromatic carbocycles. The highest BCUT2D eigenvalue weighted by Crippen LogP contribution is 2.30. The molecule has 0 saturated heterocycles. The number of benzene rings is 2. The van der Waals surface area contributed by atoms with Crippen LogP contribution in [0, 0.1) is 11.6 Å². The van der Waals surface area contributed by atoms with Crippen molar-refractivity contribution in [2.45, 2.75) is 20.0 Å². The molecule has 3 aromatic rings. The van der Waals surface area contributed by atoms with Crippen LogP contribution in [-0.4, -0.2) is 16.1 Å².